The van der Waals surface area contributed by atoms with Crippen LogP contribution in [0.25, 0.3) is 0 Å². The van der Waals surface area contributed by atoms with Crippen LogP contribution < -0.4 is 31.9 Å². The van der Waals surface area contributed by atoms with Gasteiger partial charge in [0.15, 0.2) is 5.69 Å². The summed E-state index contributed by atoms with van der Waals surface area (Å²) in [5.74, 6) is -3.70. The minimum Gasteiger partial charge on any atom is -0.382 e. The summed E-state index contributed by atoms with van der Waals surface area (Å²) >= 11 is 12.5. The van der Waals surface area contributed by atoms with Gasteiger partial charge in [-0.05, 0) is 56.6 Å². The van der Waals surface area contributed by atoms with E-state index in [-0.39, 0.29) is 102 Å². The number of carbonyl (C=O) groups is 7. The van der Waals surface area contributed by atoms with Crippen LogP contribution in [-0.2, 0) is 25.7 Å². The summed E-state index contributed by atoms with van der Waals surface area (Å²) in [5, 5.41) is 21.7. The van der Waals surface area contributed by atoms with Crippen molar-refractivity contribution in [3.05, 3.63) is 75.0 Å². The van der Waals surface area contributed by atoms with E-state index in [4.69, 9.17) is 27.9 Å². The molecule has 4 heterocycles. The van der Waals surface area contributed by atoms with Gasteiger partial charge in [-0.1, -0.05) is 35.3 Å². The molecule has 17 nitrogen and oxygen atoms in total. The van der Waals surface area contributed by atoms with Crippen molar-refractivity contribution in [2.24, 2.45) is 0 Å². The Labute approximate surface area is 325 Å². The normalized spacial score (nSPS) is 17.1. The summed E-state index contributed by atoms with van der Waals surface area (Å²) in [6, 6.07) is 8.33. The zero-order valence-electron chi connectivity index (χ0n) is 29.5. The second kappa shape index (κ2) is 17.9. The Morgan fingerprint density at radius 2 is 1.64 bits per heavy atom. The molecule has 3 aliphatic rings. The number of hydrogen-bond acceptors (Lipinski definition) is 11. The van der Waals surface area contributed by atoms with E-state index in [0.29, 0.717) is 5.69 Å². The van der Waals surface area contributed by atoms with Crippen molar-refractivity contribution in [3.63, 3.8) is 0 Å². The molecule has 19 heteroatoms. The molecule has 1 aromatic heterocycles. The molecule has 0 bridgehead atoms. The van der Waals surface area contributed by atoms with Gasteiger partial charge in [-0.25, -0.2) is 0 Å². The highest BCUT2D eigenvalue weighted by molar-refractivity contribution is 6.40. The van der Waals surface area contributed by atoms with Crippen LogP contribution in [0.2, 0.25) is 10.0 Å². The quantitative estimate of drug-likeness (QED) is 0.0964. The largest absolute Gasteiger partial charge is 0.382 e. The van der Waals surface area contributed by atoms with E-state index < -0.39 is 41.5 Å². The molecule has 1 atom stereocenters. The van der Waals surface area contributed by atoms with Gasteiger partial charge in [0.1, 0.15) is 6.04 Å². The number of halogens is 2. The van der Waals surface area contributed by atoms with E-state index in [0.717, 1.165) is 30.8 Å². The molecular weight excluding hydrogens is 757 g/mol. The fourth-order valence-corrected chi connectivity index (χ4v) is 7.07. The summed E-state index contributed by atoms with van der Waals surface area (Å²) in [7, 11) is 0. The number of nitrogens with one attached hydrogen (secondary N) is 6. The van der Waals surface area contributed by atoms with Crippen LogP contribution in [0.3, 0.4) is 0 Å². The number of nitrogens with zero attached hydrogens (tertiary/aromatic N) is 3. The number of anilines is 2. The number of hydrogen-bond donors (Lipinski definition) is 6. The molecule has 3 aliphatic heterocycles. The molecule has 2 fully saturated rings. The maximum atomic E-state index is 13.3. The van der Waals surface area contributed by atoms with Crippen LogP contribution in [-0.4, -0.2) is 108 Å². The third-order valence-corrected chi connectivity index (χ3v) is 9.89. The predicted octanol–water partition coefficient (Wildman–Crippen LogP) is 1.96. The topological polar surface area (TPSA) is 222 Å². The first-order valence-electron chi connectivity index (χ1n) is 17.8. The zero-order chi connectivity index (χ0) is 39.1. The lowest BCUT2D eigenvalue weighted by Crippen LogP contribution is -2.54. The number of ether oxygens (including phenoxy) is 1. The minimum atomic E-state index is -1.06. The molecule has 7 amide bonds. The number of piperidine rings is 2. The molecule has 1 unspecified atom stereocenters. The highest BCUT2D eigenvalue weighted by Crippen LogP contribution is 2.32. The number of carbonyl (C=O) groups excluding carboxylic acids is 7. The van der Waals surface area contributed by atoms with Crippen LogP contribution in [0, 0.1) is 0 Å². The lowest BCUT2D eigenvalue weighted by atomic mass is 10.0. The average Bonchev–Trinajstić information content (AvgIpc) is 3.67. The maximum absolute atomic E-state index is 13.3. The van der Waals surface area contributed by atoms with Crippen molar-refractivity contribution in [3.8, 4) is 0 Å². The lowest BCUT2D eigenvalue weighted by Gasteiger charge is -2.27. The minimum absolute atomic E-state index is 0.00598. The third kappa shape index (κ3) is 9.30. The molecule has 0 saturated carbocycles. The van der Waals surface area contributed by atoms with E-state index >= 15 is 0 Å². The molecule has 0 spiro atoms. The zero-order valence-corrected chi connectivity index (χ0v) is 31.1. The van der Waals surface area contributed by atoms with E-state index in [1.165, 1.54) is 29.1 Å². The first-order valence-corrected chi connectivity index (χ1v) is 18.5. The van der Waals surface area contributed by atoms with Gasteiger partial charge in [0.05, 0.1) is 52.2 Å². The van der Waals surface area contributed by atoms with Crippen molar-refractivity contribution >= 4 is 75.9 Å². The monoisotopic (exact) mass is 795 g/mol. The first kappa shape index (κ1) is 39.3. The SMILES string of the molecule is O=C(CCOCCNc1cccc2c1C(=O)N(C1CCC(=O)NC1=O)C2=O)NCCn1cc(NC(=O)c2c(Cl)cccc2Cl)c(C(=O)NC2CCNCC2)n1. The van der Waals surface area contributed by atoms with E-state index in [9.17, 15) is 33.6 Å². The molecule has 0 radical (unpaired) electrons. The van der Waals surface area contributed by atoms with Crippen LogP contribution in [0.5, 0.6) is 0 Å². The van der Waals surface area contributed by atoms with E-state index in [1.54, 1.807) is 18.2 Å². The molecular formula is C36H39Cl2N9O8. The number of rotatable bonds is 15. The van der Waals surface area contributed by atoms with Gasteiger partial charge in [0.2, 0.25) is 17.7 Å². The predicted molar refractivity (Wildman–Crippen MR) is 200 cm³/mol. The fraction of sp³-hybridized carbons (Fsp3) is 0.389. The van der Waals surface area contributed by atoms with Crippen molar-refractivity contribution in [2.45, 2.75) is 50.7 Å². The number of imide groups is 2. The number of aromatic nitrogens is 2. The summed E-state index contributed by atoms with van der Waals surface area (Å²) < 4.78 is 7.05. The molecule has 2 saturated heterocycles. The van der Waals surface area contributed by atoms with Crippen molar-refractivity contribution in [1.82, 2.24) is 35.9 Å². The second-order valence-electron chi connectivity index (χ2n) is 13.0. The van der Waals surface area contributed by atoms with Crippen LogP contribution in [0.1, 0.15) is 73.7 Å². The Hall–Kier alpha value is -5.36. The van der Waals surface area contributed by atoms with Gasteiger partial charge >= 0.3 is 0 Å². The van der Waals surface area contributed by atoms with E-state index in [2.05, 4.69) is 37.0 Å². The van der Waals surface area contributed by atoms with Crippen LogP contribution >= 0.6 is 23.2 Å². The molecule has 55 heavy (non-hydrogen) atoms. The maximum Gasteiger partial charge on any atom is 0.274 e. The molecule has 290 valence electrons. The molecule has 0 aliphatic carbocycles. The Morgan fingerprint density at radius 1 is 0.891 bits per heavy atom. The number of amides is 7. The summed E-state index contributed by atoms with van der Waals surface area (Å²) in [6.07, 6.45) is 3.14. The molecule has 3 aromatic rings. The highest BCUT2D eigenvalue weighted by atomic mass is 35.5. The van der Waals surface area contributed by atoms with Gasteiger partial charge in [-0.2, -0.15) is 5.10 Å². The molecule has 2 aromatic carbocycles. The highest BCUT2D eigenvalue weighted by Gasteiger charge is 2.45. The van der Waals surface area contributed by atoms with Crippen molar-refractivity contribution < 1.29 is 38.3 Å². The number of benzene rings is 2. The lowest BCUT2D eigenvalue weighted by molar-refractivity contribution is -0.136. The summed E-state index contributed by atoms with van der Waals surface area (Å²) in [4.78, 5) is 90.1. The number of fused-ring (bicyclic) bond motifs is 1. The van der Waals surface area contributed by atoms with E-state index in [1.807, 2.05) is 0 Å². The smallest absolute Gasteiger partial charge is 0.274 e. The van der Waals surface area contributed by atoms with Gasteiger partial charge in [0, 0.05) is 43.9 Å². The third-order valence-electron chi connectivity index (χ3n) is 9.26. The van der Waals surface area contributed by atoms with Gasteiger partial charge < -0.3 is 31.3 Å². The van der Waals surface area contributed by atoms with Crippen LogP contribution in [0.4, 0.5) is 11.4 Å². The Morgan fingerprint density at radius 3 is 2.38 bits per heavy atom. The summed E-state index contributed by atoms with van der Waals surface area (Å²) in [5.41, 5.74) is 0.917. The molecule has 6 N–H and O–H groups in total. The average molecular weight is 797 g/mol. The fourth-order valence-electron chi connectivity index (χ4n) is 6.50. The standard InChI is InChI=1S/C36H39Cl2N9O8/c37-22-4-2-5-23(38)30(22)33(51)43-25-19-46(45-31(25)34(52)42-20-9-12-39-13-10-20)16-14-41-27(48)11-17-55-18-15-40-24-6-1-3-21-29(24)36(54)47(35(21)53)26-7-8-28(49)44-32(26)50/h1-6,19-20,26,39-40H,7-18H2,(H,41,48)(H,42,52)(H,43,51)(H,44,49,50). The van der Waals surface area contributed by atoms with Crippen LogP contribution in [0.15, 0.2) is 42.6 Å². The van der Waals surface area contributed by atoms with Gasteiger partial charge in [-0.15, -0.1) is 0 Å². The Kier molecular flexibility index (Phi) is 12.8. The Bertz CT molecular complexity index is 2000. The van der Waals surface area contributed by atoms with Gasteiger partial charge in [-0.3, -0.25) is 48.5 Å². The van der Waals surface area contributed by atoms with Crippen molar-refractivity contribution in [1.29, 1.82) is 0 Å². The van der Waals surface area contributed by atoms with Gasteiger partial charge in [0.25, 0.3) is 23.6 Å². The second-order valence-corrected chi connectivity index (χ2v) is 13.8. The first-order chi connectivity index (χ1) is 26.5. The molecule has 6 rings (SSSR count). The summed E-state index contributed by atoms with van der Waals surface area (Å²) in [6.45, 7) is 2.44. The van der Waals surface area contributed by atoms with Crippen molar-refractivity contribution in [2.75, 3.05) is 50.0 Å². The Balaban J connectivity index is 0.960.